The molecular formula is C8H11NO2S. The molecule has 1 aliphatic rings. The molecule has 0 aromatic heterocycles. The Hall–Kier alpha value is -0.900. The number of rotatable bonds is 0. The molecular weight excluding hydrogens is 174 g/mol. The molecule has 66 valence electrons. The molecule has 1 heterocycles. The summed E-state index contributed by atoms with van der Waals surface area (Å²) in [6.07, 6.45) is 1.75. The molecule has 0 aromatic carbocycles. The minimum atomic E-state index is -0.255. The minimum Gasteiger partial charge on any atom is -0.426 e. The Morgan fingerprint density at radius 3 is 2.42 bits per heavy atom. The van der Waals surface area contributed by atoms with E-state index in [1.807, 2.05) is 20.8 Å². The number of ether oxygens (including phenoxy) is 1. The van der Waals surface area contributed by atoms with E-state index >= 15 is 0 Å². The predicted octanol–water partition coefficient (Wildman–Crippen LogP) is 1.35. The third kappa shape index (κ3) is 2.30. The van der Waals surface area contributed by atoms with Gasteiger partial charge in [0.1, 0.15) is 0 Å². The molecule has 0 spiro atoms. The van der Waals surface area contributed by atoms with Crippen LogP contribution < -0.4 is 5.32 Å². The standard InChI is InChI=1S/C8H11NO2S/c1-8(2,3)4-5-6(10)9-7(12)11-5/h4H,1-3H3,(H,9,10,12)/b5-4-. The summed E-state index contributed by atoms with van der Waals surface area (Å²) in [6, 6.07) is 0. The molecule has 0 saturated carbocycles. The van der Waals surface area contributed by atoms with E-state index in [1.165, 1.54) is 0 Å². The van der Waals surface area contributed by atoms with Crippen LogP contribution in [0, 0.1) is 5.41 Å². The van der Waals surface area contributed by atoms with E-state index in [2.05, 4.69) is 17.5 Å². The smallest absolute Gasteiger partial charge is 0.294 e. The van der Waals surface area contributed by atoms with E-state index in [0.29, 0.717) is 5.76 Å². The number of allylic oxidation sites excluding steroid dienone is 1. The first-order valence-corrected chi connectivity index (χ1v) is 4.05. The molecule has 1 rings (SSSR count). The van der Waals surface area contributed by atoms with Crippen molar-refractivity contribution < 1.29 is 9.53 Å². The summed E-state index contributed by atoms with van der Waals surface area (Å²) in [4.78, 5) is 11.1. The maximum Gasteiger partial charge on any atom is 0.294 e. The van der Waals surface area contributed by atoms with Crippen LogP contribution in [0.25, 0.3) is 0 Å². The lowest BCUT2D eigenvalue weighted by Crippen LogP contribution is -2.18. The SMILES string of the molecule is CC(C)(C)/C=C1\OC(=S)NC1=O. The lowest BCUT2D eigenvalue weighted by molar-refractivity contribution is -0.116. The van der Waals surface area contributed by atoms with E-state index in [4.69, 9.17) is 4.74 Å². The second kappa shape index (κ2) is 2.86. The van der Waals surface area contributed by atoms with Gasteiger partial charge in [-0.2, -0.15) is 0 Å². The van der Waals surface area contributed by atoms with Gasteiger partial charge in [0.25, 0.3) is 11.1 Å². The maximum absolute atomic E-state index is 11.1. The maximum atomic E-state index is 11.1. The predicted molar refractivity (Wildman–Crippen MR) is 49.4 cm³/mol. The van der Waals surface area contributed by atoms with Crippen LogP contribution in [0.1, 0.15) is 20.8 Å². The van der Waals surface area contributed by atoms with Crippen molar-refractivity contribution in [3.05, 3.63) is 11.8 Å². The molecule has 12 heavy (non-hydrogen) atoms. The Kier molecular flexibility index (Phi) is 2.19. The van der Waals surface area contributed by atoms with Gasteiger partial charge in [0, 0.05) is 0 Å². The van der Waals surface area contributed by atoms with E-state index < -0.39 is 0 Å². The monoisotopic (exact) mass is 185 g/mol. The lowest BCUT2D eigenvalue weighted by Gasteiger charge is -2.11. The molecule has 4 heteroatoms. The van der Waals surface area contributed by atoms with Gasteiger partial charge in [0.2, 0.25) is 0 Å². The summed E-state index contributed by atoms with van der Waals surface area (Å²) >= 11 is 4.67. The van der Waals surface area contributed by atoms with Gasteiger partial charge in [-0.05, 0) is 23.7 Å². The molecule has 0 bridgehead atoms. The van der Waals surface area contributed by atoms with Crippen LogP contribution in [0.2, 0.25) is 0 Å². The molecule has 1 N–H and O–H groups in total. The van der Waals surface area contributed by atoms with Gasteiger partial charge in [-0.1, -0.05) is 20.8 Å². The molecule has 1 fully saturated rings. The number of hydrogen-bond donors (Lipinski definition) is 1. The summed E-state index contributed by atoms with van der Waals surface area (Å²) < 4.78 is 4.98. The van der Waals surface area contributed by atoms with Crippen molar-refractivity contribution in [1.82, 2.24) is 5.32 Å². The quantitative estimate of drug-likeness (QED) is 0.457. The molecule has 0 atom stereocenters. The van der Waals surface area contributed by atoms with Crippen LogP contribution in [0.4, 0.5) is 0 Å². The fraction of sp³-hybridized carbons (Fsp3) is 0.500. The largest absolute Gasteiger partial charge is 0.426 e. The highest BCUT2D eigenvalue weighted by Gasteiger charge is 2.25. The van der Waals surface area contributed by atoms with Crippen LogP contribution >= 0.6 is 12.2 Å². The van der Waals surface area contributed by atoms with Crippen LogP contribution in [0.3, 0.4) is 0 Å². The van der Waals surface area contributed by atoms with Crippen molar-refractivity contribution in [2.45, 2.75) is 20.8 Å². The second-order valence-corrected chi connectivity index (χ2v) is 4.09. The molecule has 0 aliphatic carbocycles. The molecule has 0 unspecified atom stereocenters. The van der Waals surface area contributed by atoms with Crippen molar-refractivity contribution in [2.75, 3.05) is 0 Å². The molecule has 1 saturated heterocycles. The summed E-state index contributed by atoms with van der Waals surface area (Å²) in [5, 5.41) is 2.53. The van der Waals surface area contributed by atoms with Crippen molar-refractivity contribution >= 4 is 23.3 Å². The highest BCUT2D eigenvalue weighted by molar-refractivity contribution is 7.80. The number of hydrogen-bond acceptors (Lipinski definition) is 3. The zero-order valence-electron chi connectivity index (χ0n) is 7.30. The summed E-state index contributed by atoms with van der Waals surface area (Å²) in [7, 11) is 0. The van der Waals surface area contributed by atoms with Gasteiger partial charge in [-0.3, -0.25) is 10.1 Å². The highest BCUT2D eigenvalue weighted by Crippen LogP contribution is 2.20. The molecule has 0 radical (unpaired) electrons. The average molecular weight is 185 g/mol. The first-order valence-electron chi connectivity index (χ1n) is 3.64. The third-order valence-electron chi connectivity index (χ3n) is 1.21. The third-order valence-corrected chi connectivity index (χ3v) is 1.39. The van der Waals surface area contributed by atoms with Crippen molar-refractivity contribution in [2.24, 2.45) is 5.41 Å². The number of thiocarbonyl (C=S) groups is 1. The van der Waals surface area contributed by atoms with Crippen LogP contribution in [0.15, 0.2) is 11.8 Å². The molecule has 1 aliphatic heterocycles. The molecule has 1 amide bonds. The van der Waals surface area contributed by atoms with Crippen molar-refractivity contribution in [1.29, 1.82) is 0 Å². The van der Waals surface area contributed by atoms with Gasteiger partial charge in [-0.25, -0.2) is 0 Å². The number of carbonyl (C=O) groups is 1. The fourth-order valence-electron chi connectivity index (χ4n) is 0.814. The van der Waals surface area contributed by atoms with E-state index in [-0.39, 0.29) is 16.5 Å². The molecule has 3 nitrogen and oxygen atoms in total. The highest BCUT2D eigenvalue weighted by atomic mass is 32.1. The van der Waals surface area contributed by atoms with Crippen molar-refractivity contribution in [3.63, 3.8) is 0 Å². The zero-order valence-corrected chi connectivity index (χ0v) is 8.12. The number of amides is 1. The normalized spacial score (nSPS) is 21.1. The van der Waals surface area contributed by atoms with E-state index in [0.717, 1.165) is 0 Å². The second-order valence-electron chi connectivity index (χ2n) is 3.72. The van der Waals surface area contributed by atoms with Crippen molar-refractivity contribution in [3.8, 4) is 0 Å². The van der Waals surface area contributed by atoms with Gasteiger partial charge < -0.3 is 4.74 Å². The first-order chi connectivity index (χ1) is 5.38. The van der Waals surface area contributed by atoms with Gasteiger partial charge in [0.05, 0.1) is 0 Å². The summed E-state index contributed by atoms with van der Waals surface area (Å²) in [5.41, 5.74) is -0.0768. The van der Waals surface area contributed by atoms with Crippen LogP contribution in [-0.2, 0) is 9.53 Å². The van der Waals surface area contributed by atoms with E-state index in [9.17, 15) is 4.79 Å². The Bertz CT molecular complexity index is 263. The first kappa shape index (κ1) is 9.19. The Morgan fingerprint density at radius 2 is 2.08 bits per heavy atom. The van der Waals surface area contributed by atoms with Crippen LogP contribution in [0.5, 0.6) is 0 Å². The lowest BCUT2D eigenvalue weighted by atomic mass is 9.96. The van der Waals surface area contributed by atoms with E-state index in [1.54, 1.807) is 6.08 Å². The zero-order chi connectivity index (χ0) is 9.35. The van der Waals surface area contributed by atoms with Crippen LogP contribution in [-0.4, -0.2) is 11.1 Å². The number of nitrogens with one attached hydrogen (secondary N) is 1. The average Bonchev–Trinajstić information content (AvgIpc) is 2.06. The minimum absolute atomic E-state index is 0.0768. The van der Waals surface area contributed by atoms with Gasteiger partial charge in [-0.15, -0.1) is 0 Å². The number of carbonyl (C=O) groups excluding carboxylic acids is 1. The Balaban J connectivity index is 2.84. The summed E-state index contributed by atoms with van der Waals surface area (Å²) in [6.45, 7) is 5.95. The topological polar surface area (TPSA) is 38.3 Å². The van der Waals surface area contributed by atoms with Gasteiger partial charge in [0.15, 0.2) is 5.76 Å². The molecule has 0 aromatic rings. The Morgan fingerprint density at radius 1 is 1.50 bits per heavy atom. The fourth-order valence-corrected chi connectivity index (χ4v) is 0.997. The Labute approximate surface area is 76.8 Å². The summed E-state index contributed by atoms with van der Waals surface area (Å²) in [5.74, 6) is 0.0439. The van der Waals surface area contributed by atoms with Gasteiger partial charge >= 0.3 is 0 Å².